The summed E-state index contributed by atoms with van der Waals surface area (Å²) in [6.07, 6.45) is 8.48. The van der Waals surface area contributed by atoms with Gasteiger partial charge in [-0.25, -0.2) is 13.6 Å². The van der Waals surface area contributed by atoms with Crippen LogP contribution in [0.1, 0.15) is 87.1 Å². The van der Waals surface area contributed by atoms with Crippen molar-refractivity contribution >= 4 is 5.97 Å². The maximum Gasteiger partial charge on any atom is 0.343 e. The number of halogens is 4. The zero-order valence-corrected chi connectivity index (χ0v) is 22.4. The van der Waals surface area contributed by atoms with E-state index in [4.69, 9.17) is 9.47 Å². The van der Waals surface area contributed by atoms with E-state index in [9.17, 15) is 22.4 Å². The maximum atomic E-state index is 15.0. The average molecular weight is 543 g/mol. The number of ether oxygens (including phenoxy) is 2. The van der Waals surface area contributed by atoms with Crippen LogP contribution in [0.15, 0.2) is 48.5 Å². The van der Waals surface area contributed by atoms with E-state index >= 15 is 0 Å². The van der Waals surface area contributed by atoms with E-state index in [0.29, 0.717) is 17.0 Å². The van der Waals surface area contributed by atoms with E-state index in [1.165, 1.54) is 74.2 Å². The molecule has 208 valence electrons. The zero-order valence-electron chi connectivity index (χ0n) is 22.4. The third-order valence-corrected chi connectivity index (χ3v) is 7.56. The highest BCUT2D eigenvalue weighted by molar-refractivity contribution is 5.91. The molecule has 0 heterocycles. The van der Waals surface area contributed by atoms with E-state index in [1.807, 2.05) is 0 Å². The smallest absolute Gasteiger partial charge is 0.343 e. The number of unbranched alkanes of at least 4 members (excludes halogenated alkanes) is 2. The van der Waals surface area contributed by atoms with Crippen LogP contribution in [0.25, 0.3) is 11.1 Å². The fraction of sp³-hybridized carbons (Fsp3) is 0.406. The number of benzene rings is 3. The van der Waals surface area contributed by atoms with Crippen molar-refractivity contribution in [2.75, 3.05) is 6.61 Å². The molecule has 3 nitrogen and oxygen atoms in total. The topological polar surface area (TPSA) is 35.5 Å². The molecule has 0 atom stereocenters. The summed E-state index contributed by atoms with van der Waals surface area (Å²) in [5, 5.41) is 0. The molecule has 4 rings (SSSR count). The summed E-state index contributed by atoms with van der Waals surface area (Å²) in [7, 11) is 0. The minimum atomic E-state index is -1.19. The minimum Gasteiger partial charge on any atom is -0.491 e. The van der Waals surface area contributed by atoms with Crippen LogP contribution in [0, 0.1) is 29.2 Å². The van der Waals surface area contributed by atoms with E-state index in [0.717, 1.165) is 25.7 Å². The molecule has 3 aromatic rings. The van der Waals surface area contributed by atoms with Crippen LogP contribution >= 0.6 is 0 Å². The lowest BCUT2D eigenvalue weighted by Gasteiger charge is -2.29. The Hall–Kier alpha value is -3.35. The van der Waals surface area contributed by atoms with Crippen LogP contribution in [-0.2, 0) is 0 Å². The Morgan fingerprint density at radius 3 is 2.10 bits per heavy atom. The summed E-state index contributed by atoms with van der Waals surface area (Å²) in [5.41, 5.74) is 0.700. The number of rotatable bonds is 10. The quantitative estimate of drug-likeness (QED) is 0.111. The molecule has 0 radical (unpaired) electrons. The molecule has 1 fully saturated rings. The van der Waals surface area contributed by atoms with Crippen LogP contribution in [0.5, 0.6) is 11.5 Å². The normalized spacial score (nSPS) is 17.2. The van der Waals surface area contributed by atoms with Crippen LogP contribution in [0.2, 0.25) is 0 Å². The zero-order chi connectivity index (χ0) is 27.9. The Morgan fingerprint density at radius 2 is 1.44 bits per heavy atom. The van der Waals surface area contributed by atoms with Gasteiger partial charge < -0.3 is 9.47 Å². The van der Waals surface area contributed by atoms with Crippen molar-refractivity contribution in [1.29, 1.82) is 0 Å². The first-order valence-electron chi connectivity index (χ1n) is 13.7. The van der Waals surface area contributed by atoms with Crippen LogP contribution in [0.4, 0.5) is 17.6 Å². The predicted octanol–water partition coefficient (Wildman–Crippen LogP) is 9.38. The van der Waals surface area contributed by atoms with Gasteiger partial charge in [0.2, 0.25) is 11.6 Å². The van der Waals surface area contributed by atoms with Crippen LogP contribution in [-0.4, -0.2) is 12.6 Å². The van der Waals surface area contributed by atoms with Crippen molar-refractivity contribution in [3.05, 3.63) is 82.9 Å². The summed E-state index contributed by atoms with van der Waals surface area (Å²) < 4.78 is 68.9. The summed E-state index contributed by atoms with van der Waals surface area (Å²) in [4.78, 5) is 12.6. The Morgan fingerprint density at radius 1 is 0.769 bits per heavy atom. The van der Waals surface area contributed by atoms with Gasteiger partial charge in [-0.3, -0.25) is 0 Å². The lowest BCUT2D eigenvalue weighted by Crippen LogP contribution is -2.16. The molecule has 1 aliphatic rings. The molecular weight excluding hydrogens is 508 g/mol. The predicted molar refractivity (Wildman–Crippen MR) is 143 cm³/mol. The van der Waals surface area contributed by atoms with Gasteiger partial charge in [-0.15, -0.1) is 0 Å². The molecule has 0 aromatic heterocycles. The summed E-state index contributed by atoms with van der Waals surface area (Å²) >= 11 is 0. The van der Waals surface area contributed by atoms with Gasteiger partial charge in [0.05, 0.1) is 12.2 Å². The van der Waals surface area contributed by atoms with Crippen molar-refractivity contribution in [3.63, 3.8) is 0 Å². The molecule has 0 saturated heterocycles. The first-order valence-corrected chi connectivity index (χ1v) is 13.7. The molecular formula is C32H34F4O3. The first kappa shape index (κ1) is 28.7. The monoisotopic (exact) mass is 542 g/mol. The van der Waals surface area contributed by atoms with Crippen molar-refractivity contribution in [3.8, 4) is 22.6 Å². The molecule has 0 unspecified atom stereocenters. The Kier molecular flexibility index (Phi) is 9.65. The highest BCUT2D eigenvalue weighted by atomic mass is 19.2. The molecule has 1 saturated carbocycles. The Labute approximate surface area is 227 Å². The highest BCUT2D eigenvalue weighted by Gasteiger charge is 2.27. The number of carbonyl (C=O) groups is 1. The second kappa shape index (κ2) is 13.1. The van der Waals surface area contributed by atoms with E-state index in [-0.39, 0.29) is 29.4 Å². The average Bonchev–Trinajstić information content (AvgIpc) is 2.95. The molecule has 1 aliphatic carbocycles. The first-order chi connectivity index (χ1) is 18.8. The minimum absolute atomic E-state index is 0.00503. The fourth-order valence-electron chi connectivity index (χ4n) is 5.35. The summed E-state index contributed by atoms with van der Waals surface area (Å²) in [6, 6.07) is 11.1. The van der Waals surface area contributed by atoms with Crippen molar-refractivity contribution in [1.82, 2.24) is 0 Å². The molecule has 0 amide bonds. The Bertz CT molecular complexity index is 1280. The molecule has 0 N–H and O–H groups in total. The highest BCUT2D eigenvalue weighted by Crippen LogP contribution is 2.40. The number of hydrogen-bond acceptors (Lipinski definition) is 3. The lowest BCUT2D eigenvalue weighted by molar-refractivity contribution is 0.0726. The molecule has 0 spiro atoms. The fourth-order valence-corrected chi connectivity index (χ4v) is 5.35. The molecule has 3 aromatic carbocycles. The van der Waals surface area contributed by atoms with Gasteiger partial charge >= 0.3 is 5.97 Å². The van der Waals surface area contributed by atoms with Gasteiger partial charge in [-0.1, -0.05) is 50.8 Å². The molecule has 0 bridgehead atoms. The van der Waals surface area contributed by atoms with Gasteiger partial charge in [-0.2, -0.15) is 8.78 Å². The standard InChI is InChI=1S/C32H34F4O3/c1-3-5-6-7-20-8-10-21(11-9-20)25-17-19-27(31(36)29(25)34)39-32(37)23-14-12-22(13-15-23)24-16-18-26(38-4-2)30(35)28(24)33/h12-21H,3-11H2,1-2H3. The third kappa shape index (κ3) is 6.63. The molecule has 39 heavy (non-hydrogen) atoms. The number of esters is 1. The molecule has 7 heteroatoms. The SMILES string of the molecule is CCCCCC1CCC(c2ccc(OC(=O)c3ccc(-c4ccc(OCC)c(F)c4F)cc3)c(F)c2F)CC1. The van der Waals surface area contributed by atoms with Gasteiger partial charge in [0.15, 0.2) is 23.1 Å². The van der Waals surface area contributed by atoms with Crippen LogP contribution < -0.4 is 9.47 Å². The summed E-state index contributed by atoms with van der Waals surface area (Å²) in [5.74, 6) is -5.29. The van der Waals surface area contributed by atoms with E-state index in [1.54, 1.807) is 6.92 Å². The van der Waals surface area contributed by atoms with Gasteiger partial charge in [-0.05, 0) is 85.9 Å². The summed E-state index contributed by atoms with van der Waals surface area (Å²) in [6.45, 7) is 4.04. The third-order valence-electron chi connectivity index (χ3n) is 7.56. The van der Waals surface area contributed by atoms with Crippen molar-refractivity contribution in [2.24, 2.45) is 5.92 Å². The van der Waals surface area contributed by atoms with Crippen LogP contribution in [0.3, 0.4) is 0 Å². The maximum absolute atomic E-state index is 15.0. The van der Waals surface area contributed by atoms with E-state index < -0.39 is 35.0 Å². The van der Waals surface area contributed by atoms with Gasteiger partial charge in [0.25, 0.3) is 0 Å². The Balaban J connectivity index is 1.41. The number of hydrogen-bond donors (Lipinski definition) is 0. The van der Waals surface area contributed by atoms with Crippen molar-refractivity contribution < 1.29 is 31.8 Å². The second-order valence-electron chi connectivity index (χ2n) is 10.1. The molecule has 0 aliphatic heterocycles. The lowest BCUT2D eigenvalue weighted by atomic mass is 9.77. The largest absolute Gasteiger partial charge is 0.491 e. The van der Waals surface area contributed by atoms with Gasteiger partial charge in [0.1, 0.15) is 0 Å². The van der Waals surface area contributed by atoms with Gasteiger partial charge in [0, 0.05) is 5.56 Å². The van der Waals surface area contributed by atoms with E-state index in [2.05, 4.69) is 6.92 Å². The number of carbonyl (C=O) groups excluding carboxylic acids is 1. The van der Waals surface area contributed by atoms with Crippen molar-refractivity contribution in [2.45, 2.75) is 71.1 Å². The second-order valence-corrected chi connectivity index (χ2v) is 10.1.